The molecule has 4 rings (SSSR count). The summed E-state index contributed by atoms with van der Waals surface area (Å²) in [5, 5.41) is 5.19. The minimum atomic E-state index is -2.34. The number of aromatic nitrogens is 2. The Labute approximate surface area is 206 Å². The molecule has 13 heteroatoms. The van der Waals surface area contributed by atoms with Crippen LogP contribution in [-0.2, 0) is 0 Å². The number of hydrogen-bond donors (Lipinski definition) is 3. The standard InChI is InChI=1S/C22H19Cl2F5N4O2/c23-11-5-9(26)6-12(24)20(11)33-22-31-15-7-10(17(35-4-3-25)8-16(15)32-22)21(34)30-14-2-1-13(27)18(28)19(14)29/h5-8,13-14,18-19H,1-4H2,(H,30,34)(H2,31,32,33). The number of ether oxygens (including phenoxy) is 1. The molecule has 1 aromatic heterocycles. The summed E-state index contributed by atoms with van der Waals surface area (Å²) in [7, 11) is 0. The summed E-state index contributed by atoms with van der Waals surface area (Å²) in [6.07, 6.45) is -6.81. The van der Waals surface area contributed by atoms with Crippen LogP contribution in [0.25, 0.3) is 11.0 Å². The summed E-state index contributed by atoms with van der Waals surface area (Å²) in [6, 6.07) is 3.57. The first-order valence-electron chi connectivity index (χ1n) is 10.5. The first kappa shape index (κ1) is 25.3. The summed E-state index contributed by atoms with van der Waals surface area (Å²) in [4.78, 5) is 20.1. The van der Waals surface area contributed by atoms with E-state index in [1.165, 1.54) is 12.1 Å². The van der Waals surface area contributed by atoms with Gasteiger partial charge in [-0.3, -0.25) is 4.79 Å². The summed E-state index contributed by atoms with van der Waals surface area (Å²) in [5.41, 5.74) is 0.715. The van der Waals surface area contributed by atoms with Gasteiger partial charge in [-0.05, 0) is 31.0 Å². The van der Waals surface area contributed by atoms with Crippen LogP contribution in [0.5, 0.6) is 5.75 Å². The number of imidazole rings is 1. The first-order chi connectivity index (χ1) is 16.7. The van der Waals surface area contributed by atoms with Crippen molar-refractivity contribution < 1.29 is 31.5 Å². The molecule has 35 heavy (non-hydrogen) atoms. The molecular weight excluding hydrogens is 518 g/mol. The molecule has 0 spiro atoms. The molecule has 1 fully saturated rings. The van der Waals surface area contributed by atoms with Crippen LogP contribution in [0.4, 0.5) is 33.6 Å². The highest BCUT2D eigenvalue weighted by Crippen LogP contribution is 2.34. The Kier molecular flexibility index (Phi) is 7.56. The van der Waals surface area contributed by atoms with Crippen LogP contribution in [0.2, 0.25) is 10.0 Å². The van der Waals surface area contributed by atoms with E-state index >= 15 is 0 Å². The average Bonchev–Trinajstić information content (AvgIpc) is 3.21. The van der Waals surface area contributed by atoms with Crippen LogP contribution < -0.4 is 15.4 Å². The lowest BCUT2D eigenvalue weighted by molar-refractivity contribution is 0.0207. The number of H-pyrrole nitrogens is 1. The average molecular weight is 537 g/mol. The topological polar surface area (TPSA) is 79.0 Å². The second-order valence-electron chi connectivity index (χ2n) is 7.92. The summed E-state index contributed by atoms with van der Waals surface area (Å²) in [6.45, 7) is -1.21. The number of halogens is 7. The zero-order chi connectivity index (χ0) is 25.3. The van der Waals surface area contributed by atoms with Gasteiger partial charge in [0.05, 0.1) is 38.4 Å². The fourth-order valence-corrected chi connectivity index (χ4v) is 4.35. The van der Waals surface area contributed by atoms with E-state index in [9.17, 15) is 26.7 Å². The van der Waals surface area contributed by atoms with Crippen molar-refractivity contribution in [2.24, 2.45) is 0 Å². The molecule has 1 aliphatic rings. The molecule has 3 aromatic rings. The van der Waals surface area contributed by atoms with E-state index in [1.807, 2.05) is 0 Å². The van der Waals surface area contributed by atoms with E-state index in [1.54, 1.807) is 0 Å². The largest absolute Gasteiger partial charge is 0.490 e. The number of fused-ring (bicyclic) bond motifs is 1. The Balaban J connectivity index is 1.63. The number of aromatic amines is 1. The van der Waals surface area contributed by atoms with Crippen molar-refractivity contribution in [2.45, 2.75) is 37.4 Å². The zero-order valence-electron chi connectivity index (χ0n) is 17.9. The minimum absolute atomic E-state index is 0.00237. The summed E-state index contributed by atoms with van der Waals surface area (Å²) in [5.74, 6) is -1.36. The number of carbonyl (C=O) groups excluding carboxylic acids is 1. The van der Waals surface area contributed by atoms with Gasteiger partial charge in [0.15, 0.2) is 12.3 Å². The van der Waals surface area contributed by atoms with Gasteiger partial charge in [0, 0.05) is 6.07 Å². The Morgan fingerprint density at radius 1 is 1.11 bits per heavy atom. The molecule has 188 valence electrons. The molecular formula is C22H19Cl2F5N4O2. The number of anilines is 2. The number of nitrogens with zero attached hydrogens (tertiary/aromatic N) is 1. The molecule has 0 radical (unpaired) electrons. The highest BCUT2D eigenvalue weighted by molar-refractivity contribution is 6.39. The van der Waals surface area contributed by atoms with Gasteiger partial charge in [-0.15, -0.1) is 0 Å². The van der Waals surface area contributed by atoms with E-state index < -0.39 is 43.0 Å². The molecule has 1 heterocycles. The van der Waals surface area contributed by atoms with Crippen molar-refractivity contribution in [1.29, 1.82) is 0 Å². The summed E-state index contributed by atoms with van der Waals surface area (Å²) >= 11 is 12.1. The molecule has 4 atom stereocenters. The number of nitrogens with one attached hydrogen (secondary N) is 3. The van der Waals surface area contributed by atoms with E-state index in [4.69, 9.17) is 27.9 Å². The van der Waals surface area contributed by atoms with Crippen LogP contribution in [0.15, 0.2) is 24.3 Å². The van der Waals surface area contributed by atoms with Crippen LogP contribution >= 0.6 is 23.2 Å². The lowest BCUT2D eigenvalue weighted by atomic mass is 9.90. The van der Waals surface area contributed by atoms with Crippen molar-refractivity contribution in [1.82, 2.24) is 15.3 Å². The van der Waals surface area contributed by atoms with E-state index in [0.717, 1.165) is 12.1 Å². The highest BCUT2D eigenvalue weighted by Gasteiger charge is 2.41. The fraction of sp³-hybridized carbons (Fsp3) is 0.364. The number of benzene rings is 2. The highest BCUT2D eigenvalue weighted by atomic mass is 35.5. The smallest absolute Gasteiger partial charge is 0.255 e. The van der Waals surface area contributed by atoms with E-state index in [-0.39, 0.29) is 52.4 Å². The van der Waals surface area contributed by atoms with Crippen LogP contribution in [0.1, 0.15) is 23.2 Å². The van der Waals surface area contributed by atoms with E-state index in [0.29, 0.717) is 11.0 Å². The van der Waals surface area contributed by atoms with Crippen molar-refractivity contribution in [2.75, 3.05) is 18.6 Å². The molecule has 2 aromatic carbocycles. The number of hydrogen-bond acceptors (Lipinski definition) is 4. The Bertz CT molecular complexity index is 1220. The number of alkyl halides is 4. The van der Waals surface area contributed by atoms with Crippen molar-refractivity contribution in [3.63, 3.8) is 0 Å². The molecule has 0 bridgehead atoms. The second-order valence-corrected chi connectivity index (χ2v) is 8.73. The number of rotatable bonds is 7. The quantitative estimate of drug-likeness (QED) is 0.323. The van der Waals surface area contributed by atoms with Gasteiger partial charge in [-0.25, -0.2) is 26.9 Å². The molecule has 1 aliphatic carbocycles. The molecule has 4 unspecified atom stereocenters. The summed E-state index contributed by atoms with van der Waals surface area (Å²) < 4.78 is 73.0. The first-order valence-corrected chi connectivity index (χ1v) is 11.3. The van der Waals surface area contributed by atoms with Crippen molar-refractivity contribution in [3.05, 3.63) is 45.7 Å². The van der Waals surface area contributed by atoms with E-state index in [2.05, 4.69) is 20.6 Å². The molecule has 0 aliphatic heterocycles. The Hall–Kier alpha value is -2.79. The predicted octanol–water partition coefficient (Wildman–Crippen LogP) is 6.01. The molecule has 3 N–H and O–H groups in total. The monoisotopic (exact) mass is 536 g/mol. The van der Waals surface area contributed by atoms with Crippen LogP contribution in [0.3, 0.4) is 0 Å². The SMILES string of the molecule is O=C(NC1CCC(F)C(F)C1F)c1cc2[nH]c(Nc3c(Cl)cc(F)cc3Cl)nc2cc1OCCF. The van der Waals surface area contributed by atoms with Crippen LogP contribution in [0, 0.1) is 5.82 Å². The Morgan fingerprint density at radius 2 is 1.83 bits per heavy atom. The Morgan fingerprint density at radius 3 is 2.51 bits per heavy atom. The van der Waals surface area contributed by atoms with Gasteiger partial charge >= 0.3 is 0 Å². The molecule has 6 nitrogen and oxygen atoms in total. The number of amides is 1. The molecule has 0 saturated heterocycles. The second kappa shape index (κ2) is 10.4. The van der Waals surface area contributed by atoms with Gasteiger partial charge in [-0.2, -0.15) is 0 Å². The normalized spacial score (nSPS) is 22.3. The van der Waals surface area contributed by atoms with Gasteiger partial charge < -0.3 is 20.4 Å². The molecule has 1 amide bonds. The maximum Gasteiger partial charge on any atom is 0.255 e. The maximum atomic E-state index is 14.2. The lowest BCUT2D eigenvalue weighted by Gasteiger charge is -2.31. The molecule has 1 saturated carbocycles. The van der Waals surface area contributed by atoms with Gasteiger partial charge in [0.1, 0.15) is 31.0 Å². The van der Waals surface area contributed by atoms with Crippen molar-refractivity contribution >= 4 is 51.8 Å². The van der Waals surface area contributed by atoms with Gasteiger partial charge in [0.2, 0.25) is 5.95 Å². The third-order valence-corrected chi connectivity index (χ3v) is 6.11. The predicted molar refractivity (Wildman–Crippen MR) is 122 cm³/mol. The zero-order valence-corrected chi connectivity index (χ0v) is 19.4. The lowest BCUT2D eigenvalue weighted by Crippen LogP contribution is -2.51. The minimum Gasteiger partial charge on any atom is -0.490 e. The third-order valence-electron chi connectivity index (χ3n) is 5.52. The number of carbonyl (C=O) groups is 1. The van der Waals surface area contributed by atoms with Gasteiger partial charge in [0.25, 0.3) is 5.91 Å². The van der Waals surface area contributed by atoms with Gasteiger partial charge in [-0.1, -0.05) is 23.2 Å². The maximum absolute atomic E-state index is 14.2. The van der Waals surface area contributed by atoms with Crippen molar-refractivity contribution in [3.8, 4) is 5.75 Å². The van der Waals surface area contributed by atoms with Crippen LogP contribution in [-0.4, -0.2) is 53.7 Å². The fourth-order valence-electron chi connectivity index (χ4n) is 3.80. The third kappa shape index (κ3) is 5.40.